The first-order chi connectivity index (χ1) is 12.1. The lowest BCUT2D eigenvalue weighted by atomic mass is 10.1. The minimum atomic E-state index is -0.441. The summed E-state index contributed by atoms with van der Waals surface area (Å²) in [5, 5.41) is 8.97. The fraction of sp³-hybridized carbons (Fsp3) is 0.556. The Hall–Kier alpha value is -1.83. The SMILES string of the molecule is CC(NC(=O)C1CNCCO1)c1ccc(OCC(=O)NC2CC2)cc1.Cl. The number of halogens is 1. The first-order valence-corrected chi connectivity index (χ1v) is 8.76. The van der Waals surface area contributed by atoms with Gasteiger partial charge in [0.2, 0.25) is 0 Å². The fourth-order valence-corrected chi connectivity index (χ4v) is 2.62. The van der Waals surface area contributed by atoms with Crippen LogP contribution in [0.3, 0.4) is 0 Å². The summed E-state index contributed by atoms with van der Waals surface area (Å²) in [6.45, 7) is 3.81. The third kappa shape index (κ3) is 6.16. The van der Waals surface area contributed by atoms with Gasteiger partial charge in [0.1, 0.15) is 11.9 Å². The normalized spacial score (nSPS) is 20.4. The number of ether oxygens (including phenoxy) is 2. The van der Waals surface area contributed by atoms with Crippen molar-refractivity contribution in [3.05, 3.63) is 29.8 Å². The van der Waals surface area contributed by atoms with E-state index in [1.807, 2.05) is 19.1 Å². The molecule has 2 fully saturated rings. The van der Waals surface area contributed by atoms with Crippen LogP contribution in [0, 0.1) is 0 Å². The Morgan fingerprint density at radius 3 is 2.65 bits per heavy atom. The zero-order valence-electron chi connectivity index (χ0n) is 14.8. The Bertz CT molecular complexity index is 601. The van der Waals surface area contributed by atoms with E-state index in [4.69, 9.17) is 9.47 Å². The monoisotopic (exact) mass is 383 g/mol. The van der Waals surface area contributed by atoms with Crippen LogP contribution in [0.15, 0.2) is 24.3 Å². The van der Waals surface area contributed by atoms with Gasteiger partial charge in [-0.05, 0) is 37.5 Å². The predicted octanol–water partition coefficient (Wildman–Crippen LogP) is 0.931. The van der Waals surface area contributed by atoms with Gasteiger partial charge in [-0.3, -0.25) is 9.59 Å². The van der Waals surface area contributed by atoms with Crippen LogP contribution in [-0.4, -0.2) is 50.3 Å². The summed E-state index contributed by atoms with van der Waals surface area (Å²) in [4.78, 5) is 23.8. The topological polar surface area (TPSA) is 88.7 Å². The maximum Gasteiger partial charge on any atom is 0.258 e. The Balaban J connectivity index is 0.00000243. The zero-order valence-corrected chi connectivity index (χ0v) is 15.6. The molecule has 2 aliphatic rings. The van der Waals surface area contributed by atoms with Crippen LogP contribution in [0.5, 0.6) is 5.75 Å². The van der Waals surface area contributed by atoms with Crippen LogP contribution in [-0.2, 0) is 14.3 Å². The molecule has 1 aliphatic carbocycles. The Labute approximate surface area is 159 Å². The summed E-state index contributed by atoms with van der Waals surface area (Å²) < 4.78 is 10.9. The van der Waals surface area contributed by atoms with Crippen molar-refractivity contribution in [2.24, 2.45) is 0 Å². The van der Waals surface area contributed by atoms with Crippen LogP contribution < -0.4 is 20.7 Å². The van der Waals surface area contributed by atoms with Crippen molar-refractivity contribution < 1.29 is 19.1 Å². The number of carbonyl (C=O) groups is 2. The third-order valence-electron chi connectivity index (χ3n) is 4.27. The van der Waals surface area contributed by atoms with E-state index in [0.29, 0.717) is 24.9 Å². The summed E-state index contributed by atoms with van der Waals surface area (Å²) in [6, 6.07) is 7.59. The lowest BCUT2D eigenvalue weighted by molar-refractivity contribution is -0.134. The van der Waals surface area contributed by atoms with E-state index in [1.165, 1.54) is 0 Å². The summed E-state index contributed by atoms with van der Waals surface area (Å²) in [6.07, 6.45) is 1.68. The van der Waals surface area contributed by atoms with Gasteiger partial charge >= 0.3 is 0 Å². The molecule has 1 heterocycles. The molecule has 0 radical (unpaired) electrons. The molecule has 1 saturated carbocycles. The molecule has 8 heteroatoms. The van der Waals surface area contributed by atoms with Crippen LogP contribution in [0.1, 0.15) is 31.4 Å². The number of hydrogen-bond donors (Lipinski definition) is 3. The second-order valence-electron chi connectivity index (χ2n) is 6.49. The Kier molecular flexibility index (Phi) is 7.68. The summed E-state index contributed by atoms with van der Waals surface area (Å²) in [7, 11) is 0. The van der Waals surface area contributed by atoms with Crippen molar-refractivity contribution in [1.29, 1.82) is 0 Å². The van der Waals surface area contributed by atoms with Gasteiger partial charge in [0.15, 0.2) is 6.61 Å². The molecule has 2 atom stereocenters. The van der Waals surface area contributed by atoms with Crippen molar-refractivity contribution in [1.82, 2.24) is 16.0 Å². The van der Waals surface area contributed by atoms with E-state index >= 15 is 0 Å². The Morgan fingerprint density at radius 2 is 2.04 bits per heavy atom. The standard InChI is InChI=1S/C18H25N3O4.ClH/c1-12(20-18(23)16-10-19-8-9-24-16)13-2-6-15(7-3-13)25-11-17(22)21-14-4-5-14;/h2-3,6-7,12,14,16,19H,4-5,8-11H2,1H3,(H,20,23)(H,21,22);1H. The molecule has 1 saturated heterocycles. The Morgan fingerprint density at radius 1 is 1.31 bits per heavy atom. The average molecular weight is 384 g/mol. The van der Waals surface area contributed by atoms with E-state index in [9.17, 15) is 9.59 Å². The number of morpholine rings is 1. The molecule has 2 amide bonds. The van der Waals surface area contributed by atoms with Crippen LogP contribution in [0.2, 0.25) is 0 Å². The fourth-order valence-electron chi connectivity index (χ4n) is 2.62. The van der Waals surface area contributed by atoms with Crippen molar-refractivity contribution in [3.8, 4) is 5.75 Å². The van der Waals surface area contributed by atoms with E-state index in [-0.39, 0.29) is 36.9 Å². The van der Waals surface area contributed by atoms with Gasteiger partial charge < -0.3 is 25.4 Å². The van der Waals surface area contributed by atoms with E-state index in [2.05, 4.69) is 16.0 Å². The van der Waals surface area contributed by atoms with Gasteiger partial charge in [-0.15, -0.1) is 12.4 Å². The van der Waals surface area contributed by atoms with Crippen molar-refractivity contribution >= 4 is 24.2 Å². The summed E-state index contributed by atoms with van der Waals surface area (Å²) in [5.41, 5.74) is 0.965. The minimum absolute atomic E-state index is 0. The maximum atomic E-state index is 12.2. The largest absolute Gasteiger partial charge is 0.484 e. The van der Waals surface area contributed by atoms with Gasteiger partial charge in [0.05, 0.1) is 12.6 Å². The highest BCUT2D eigenvalue weighted by molar-refractivity contribution is 5.85. The van der Waals surface area contributed by atoms with Crippen LogP contribution >= 0.6 is 12.4 Å². The molecule has 1 aromatic rings. The second-order valence-corrected chi connectivity index (χ2v) is 6.49. The minimum Gasteiger partial charge on any atom is -0.484 e. The van der Waals surface area contributed by atoms with Crippen molar-refractivity contribution in [3.63, 3.8) is 0 Å². The zero-order chi connectivity index (χ0) is 17.6. The van der Waals surface area contributed by atoms with E-state index in [1.54, 1.807) is 12.1 Å². The molecule has 7 nitrogen and oxygen atoms in total. The quantitative estimate of drug-likeness (QED) is 0.652. The predicted molar refractivity (Wildman–Crippen MR) is 99.5 cm³/mol. The number of hydrogen-bond acceptors (Lipinski definition) is 5. The van der Waals surface area contributed by atoms with Crippen molar-refractivity contribution in [2.75, 3.05) is 26.3 Å². The molecule has 3 rings (SSSR count). The lowest BCUT2D eigenvalue weighted by Gasteiger charge is -2.24. The molecule has 26 heavy (non-hydrogen) atoms. The smallest absolute Gasteiger partial charge is 0.258 e. The molecule has 1 aromatic carbocycles. The van der Waals surface area contributed by atoms with E-state index < -0.39 is 6.10 Å². The molecule has 0 spiro atoms. The first-order valence-electron chi connectivity index (χ1n) is 8.76. The lowest BCUT2D eigenvalue weighted by Crippen LogP contribution is -2.48. The molecule has 2 unspecified atom stereocenters. The van der Waals surface area contributed by atoms with Gasteiger partial charge in [-0.25, -0.2) is 0 Å². The first kappa shape index (κ1) is 20.5. The highest BCUT2D eigenvalue weighted by Crippen LogP contribution is 2.19. The number of carbonyl (C=O) groups excluding carboxylic acids is 2. The highest BCUT2D eigenvalue weighted by Gasteiger charge is 2.24. The van der Waals surface area contributed by atoms with Gasteiger partial charge in [-0.2, -0.15) is 0 Å². The molecular weight excluding hydrogens is 358 g/mol. The molecule has 144 valence electrons. The number of nitrogens with one attached hydrogen (secondary N) is 3. The van der Waals surface area contributed by atoms with Crippen LogP contribution in [0.25, 0.3) is 0 Å². The molecule has 0 aromatic heterocycles. The number of amides is 2. The second kappa shape index (κ2) is 9.75. The number of rotatable bonds is 7. The molecular formula is C18H26ClN3O4. The van der Waals surface area contributed by atoms with Gasteiger partial charge in [-0.1, -0.05) is 12.1 Å². The number of benzene rings is 1. The average Bonchev–Trinajstić information content (AvgIpc) is 3.45. The van der Waals surface area contributed by atoms with E-state index in [0.717, 1.165) is 24.9 Å². The summed E-state index contributed by atoms with van der Waals surface area (Å²) in [5.74, 6) is 0.429. The molecule has 3 N–H and O–H groups in total. The molecule has 0 bridgehead atoms. The van der Waals surface area contributed by atoms with Gasteiger partial charge in [0, 0.05) is 19.1 Å². The van der Waals surface area contributed by atoms with Crippen LogP contribution in [0.4, 0.5) is 0 Å². The molecule has 1 aliphatic heterocycles. The summed E-state index contributed by atoms with van der Waals surface area (Å²) >= 11 is 0. The van der Waals surface area contributed by atoms with Crippen molar-refractivity contribution in [2.45, 2.75) is 38.0 Å². The maximum absolute atomic E-state index is 12.2. The highest BCUT2D eigenvalue weighted by atomic mass is 35.5. The third-order valence-corrected chi connectivity index (χ3v) is 4.27. The van der Waals surface area contributed by atoms with Gasteiger partial charge in [0.25, 0.3) is 11.8 Å².